The third-order valence-corrected chi connectivity index (χ3v) is 3.53. The Balaban J connectivity index is 2.54. The summed E-state index contributed by atoms with van der Waals surface area (Å²) in [5.74, 6) is 0.844. The van der Waals surface area contributed by atoms with Gasteiger partial charge in [-0.15, -0.1) is 0 Å². The Bertz CT molecular complexity index is 230. The molecule has 0 aromatic rings. The molecular weight excluding hydrogens is 202 g/mol. The van der Waals surface area contributed by atoms with Crippen molar-refractivity contribution in [1.29, 1.82) is 0 Å². The molecule has 1 rings (SSSR count). The number of hydrogen-bond donors (Lipinski definition) is 2. The van der Waals surface area contributed by atoms with Crippen LogP contribution in [0.5, 0.6) is 0 Å². The van der Waals surface area contributed by atoms with Gasteiger partial charge >= 0.3 is 5.97 Å². The highest BCUT2D eigenvalue weighted by molar-refractivity contribution is 5.73. The second-order valence-corrected chi connectivity index (χ2v) is 5.84. The van der Waals surface area contributed by atoms with Crippen LogP contribution in [0.1, 0.15) is 47.0 Å². The molecule has 1 fully saturated rings. The SMILES string of the molecule is CC1CC(C)CC(NC(C(=O)O)C(C)C)C1. The summed E-state index contributed by atoms with van der Waals surface area (Å²) in [6.07, 6.45) is 3.50. The Morgan fingerprint density at radius 1 is 1.19 bits per heavy atom. The molecule has 0 radical (unpaired) electrons. The highest BCUT2D eigenvalue weighted by atomic mass is 16.4. The summed E-state index contributed by atoms with van der Waals surface area (Å²) in [5.41, 5.74) is 0. The molecule has 1 saturated carbocycles. The van der Waals surface area contributed by atoms with Gasteiger partial charge in [0.2, 0.25) is 0 Å². The Morgan fingerprint density at radius 2 is 1.69 bits per heavy atom. The second kappa shape index (κ2) is 5.67. The maximum Gasteiger partial charge on any atom is 0.320 e. The van der Waals surface area contributed by atoms with Crippen molar-refractivity contribution in [2.24, 2.45) is 17.8 Å². The first-order valence-electron chi connectivity index (χ1n) is 6.39. The molecule has 0 amide bonds. The van der Waals surface area contributed by atoms with Crippen molar-refractivity contribution >= 4 is 5.97 Å². The molecular formula is C13H25NO2. The Kier molecular flexibility index (Phi) is 4.78. The maximum absolute atomic E-state index is 11.1. The molecule has 16 heavy (non-hydrogen) atoms. The minimum absolute atomic E-state index is 0.144. The van der Waals surface area contributed by atoms with Crippen LogP contribution >= 0.6 is 0 Å². The molecule has 0 spiro atoms. The molecule has 94 valence electrons. The summed E-state index contributed by atoms with van der Waals surface area (Å²) in [7, 11) is 0. The van der Waals surface area contributed by atoms with Crippen molar-refractivity contribution in [3.05, 3.63) is 0 Å². The fourth-order valence-electron chi connectivity index (χ4n) is 2.89. The molecule has 3 nitrogen and oxygen atoms in total. The first-order chi connectivity index (χ1) is 7.40. The Labute approximate surface area is 98.6 Å². The van der Waals surface area contributed by atoms with E-state index >= 15 is 0 Å². The summed E-state index contributed by atoms with van der Waals surface area (Å²) in [6.45, 7) is 8.44. The lowest BCUT2D eigenvalue weighted by molar-refractivity contribution is -0.141. The molecule has 0 aromatic carbocycles. The zero-order chi connectivity index (χ0) is 12.3. The molecule has 0 aliphatic heterocycles. The number of carboxylic acids is 1. The highest BCUT2D eigenvalue weighted by Crippen LogP contribution is 2.29. The van der Waals surface area contributed by atoms with Crippen molar-refractivity contribution in [2.45, 2.75) is 59.0 Å². The number of nitrogens with one attached hydrogen (secondary N) is 1. The van der Waals surface area contributed by atoms with Crippen molar-refractivity contribution in [3.8, 4) is 0 Å². The van der Waals surface area contributed by atoms with E-state index in [1.54, 1.807) is 0 Å². The lowest BCUT2D eigenvalue weighted by Crippen LogP contribution is -2.48. The minimum atomic E-state index is -0.721. The summed E-state index contributed by atoms with van der Waals surface area (Å²) in [5, 5.41) is 12.5. The predicted octanol–water partition coefficient (Wildman–Crippen LogP) is 2.51. The molecule has 1 aliphatic carbocycles. The van der Waals surface area contributed by atoms with Crippen molar-refractivity contribution in [3.63, 3.8) is 0 Å². The van der Waals surface area contributed by atoms with Gasteiger partial charge in [-0.2, -0.15) is 0 Å². The van der Waals surface area contributed by atoms with E-state index in [2.05, 4.69) is 19.2 Å². The van der Waals surface area contributed by atoms with Crippen molar-refractivity contribution in [2.75, 3.05) is 0 Å². The third-order valence-electron chi connectivity index (χ3n) is 3.53. The predicted molar refractivity (Wildman–Crippen MR) is 65.4 cm³/mol. The first kappa shape index (κ1) is 13.5. The van der Waals surface area contributed by atoms with Gasteiger partial charge in [-0.05, 0) is 37.0 Å². The van der Waals surface area contributed by atoms with Crippen LogP contribution < -0.4 is 5.32 Å². The molecule has 0 aromatic heterocycles. The van der Waals surface area contributed by atoms with E-state index < -0.39 is 12.0 Å². The number of carbonyl (C=O) groups is 1. The average Bonchev–Trinajstić information content (AvgIpc) is 2.11. The summed E-state index contributed by atoms with van der Waals surface area (Å²) in [4.78, 5) is 11.1. The lowest BCUT2D eigenvalue weighted by Gasteiger charge is -2.34. The van der Waals surface area contributed by atoms with Gasteiger partial charge in [0.1, 0.15) is 6.04 Å². The largest absolute Gasteiger partial charge is 0.480 e. The van der Waals surface area contributed by atoms with Crippen LogP contribution in [-0.2, 0) is 4.79 Å². The van der Waals surface area contributed by atoms with Crippen LogP contribution in [0, 0.1) is 17.8 Å². The molecule has 3 unspecified atom stereocenters. The summed E-state index contributed by atoms with van der Waals surface area (Å²) in [6, 6.07) is -0.0234. The van der Waals surface area contributed by atoms with Crippen LogP contribution in [0.25, 0.3) is 0 Å². The van der Waals surface area contributed by atoms with Crippen molar-refractivity contribution in [1.82, 2.24) is 5.32 Å². The van der Waals surface area contributed by atoms with Crippen molar-refractivity contribution < 1.29 is 9.90 Å². The molecule has 0 saturated heterocycles. The average molecular weight is 227 g/mol. The molecule has 0 bridgehead atoms. The summed E-state index contributed by atoms with van der Waals surface area (Å²) < 4.78 is 0. The molecule has 3 atom stereocenters. The topological polar surface area (TPSA) is 49.3 Å². The zero-order valence-electron chi connectivity index (χ0n) is 10.9. The highest BCUT2D eigenvalue weighted by Gasteiger charge is 2.29. The van der Waals surface area contributed by atoms with Gasteiger partial charge in [-0.1, -0.05) is 27.7 Å². The number of aliphatic carboxylic acids is 1. The van der Waals surface area contributed by atoms with Crippen LogP contribution in [0.15, 0.2) is 0 Å². The Morgan fingerprint density at radius 3 is 2.06 bits per heavy atom. The fraction of sp³-hybridized carbons (Fsp3) is 0.923. The number of hydrogen-bond acceptors (Lipinski definition) is 2. The first-order valence-corrected chi connectivity index (χ1v) is 6.39. The van der Waals surface area contributed by atoms with E-state index in [1.807, 2.05) is 13.8 Å². The fourth-order valence-corrected chi connectivity index (χ4v) is 2.89. The van der Waals surface area contributed by atoms with E-state index in [-0.39, 0.29) is 5.92 Å². The van der Waals surface area contributed by atoms with Gasteiger partial charge in [-0.25, -0.2) is 0 Å². The van der Waals surface area contributed by atoms with Crippen LogP contribution in [0.2, 0.25) is 0 Å². The van der Waals surface area contributed by atoms with E-state index in [0.29, 0.717) is 17.9 Å². The molecule has 0 heterocycles. The molecule has 3 heteroatoms. The monoisotopic (exact) mass is 227 g/mol. The lowest BCUT2D eigenvalue weighted by atomic mass is 9.80. The van der Waals surface area contributed by atoms with Crippen LogP contribution in [-0.4, -0.2) is 23.2 Å². The minimum Gasteiger partial charge on any atom is -0.480 e. The summed E-state index contributed by atoms with van der Waals surface area (Å²) >= 11 is 0. The van der Waals surface area contributed by atoms with Crippen LogP contribution in [0.3, 0.4) is 0 Å². The van der Waals surface area contributed by atoms with E-state index in [0.717, 1.165) is 12.8 Å². The molecule has 2 N–H and O–H groups in total. The van der Waals surface area contributed by atoms with Gasteiger partial charge < -0.3 is 10.4 Å². The normalized spacial score (nSPS) is 32.7. The standard InChI is InChI=1S/C13H25NO2/c1-8(2)12(13(15)16)14-11-6-9(3)5-10(4)7-11/h8-12,14H,5-7H2,1-4H3,(H,15,16). The molecule has 1 aliphatic rings. The van der Waals surface area contributed by atoms with Gasteiger partial charge in [0.05, 0.1) is 0 Å². The van der Waals surface area contributed by atoms with Gasteiger partial charge in [0.15, 0.2) is 0 Å². The smallest absolute Gasteiger partial charge is 0.320 e. The van der Waals surface area contributed by atoms with Gasteiger partial charge in [0, 0.05) is 6.04 Å². The van der Waals surface area contributed by atoms with Gasteiger partial charge in [0.25, 0.3) is 0 Å². The van der Waals surface area contributed by atoms with E-state index in [9.17, 15) is 4.79 Å². The van der Waals surface area contributed by atoms with Gasteiger partial charge in [-0.3, -0.25) is 4.79 Å². The van der Waals surface area contributed by atoms with E-state index in [1.165, 1.54) is 6.42 Å². The number of rotatable bonds is 4. The maximum atomic E-state index is 11.1. The third kappa shape index (κ3) is 3.78. The number of carboxylic acid groups (broad SMARTS) is 1. The zero-order valence-corrected chi connectivity index (χ0v) is 10.9. The quantitative estimate of drug-likeness (QED) is 0.776. The second-order valence-electron chi connectivity index (χ2n) is 5.84. The van der Waals surface area contributed by atoms with E-state index in [4.69, 9.17) is 5.11 Å². The Hall–Kier alpha value is -0.570. The van der Waals surface area contributed by atoms with Crippen LogP contribution in [0.4, 0.5) is 0 Å².